The van der Waals surface area contributed by atoms with Gasteiger partial charge in [-0.1, -0.05) is 295 Å². The second-order valence-corrected chi connectivity index (χ2v) is 19.4. The standard InChI is InChI=1S/C52H98O3S.Na/c1-2-3-4-5-6-7-8-9-10-11-12-13-14-15-16-17-18-19-20-21-22-23-24-25-26-27-28-29-30-31-32-33-34-35-36-37-38-39-40-41-42-43-44-45-46-51-47-49-52(50-48-51)56(53,54)55;/h47-50H,2-46H2,1H3,(H,53,54,55);/q;+1/p-1. The Morgan fingerprint density at radius 2 is 0.491 bits per heavy atom. The van der Waals surface area contributed by atoms with Crippen molar-refractivity contribution < 1.29 is 42.5 Å². The van der Waals surface area contributed by atoms with E-state index in [0.29, 0.717) is 0 Å². The van der Waals surface area contributed by atoms with Gasteiger partial charge in [-0.15, -0.1) is 0 Å². The van der Waals surface area contributed by atoms with Gasteiger partial charge in [-0.25, -0.2) is 8.42 Å². The van der Waals surface area contributed by atoms with Gasteiger partial charge in [-0.2, -0.15) is 0 Å². The third kappa shape index (κ3) is 42.6. The Labute approximate surface area is 380 Å². The Morgan fingerprint density at radius 1 is 0.316 bits per heavy atom. The Bertz CT molecular complexity index is 1010. The molecule has 0 saturated carbocycles. The van der Waals surface area contributed by atoms with Gasteiger partial charge in [-0.3, -0.25) is 0 Å². The minimum Gasteiger partial charge on any atom is -0.744 e. The van der Waals surface area contributed by atoms with Gasteiger partial charge >= 0.3 is 29.6 Å². The molecule has 0 radical (unpaired) electrons. The van der Waals surface area contributed by atoms with Crippen LogP contribution in [-0.4, -0.2) is 13.0 Å². The molecule has 0 fully saturated rings. The van der Waals surface area contributed by atoms with Crippen molar-refractivity contribution in [3.63, 3.8) is 0 Å². The van der Waals surface area contributed by atoms with Crippen molar-refractivity contribution in [3.8, 4) is 0 Å². The predicted molar refractivity (Wildman–Crippen MR) is 247 cm³/mol. The van der Waals surface area contributed by atoms with Crippen LogP contribution < -0.4 is 29.6 Å². The van der Waals surface area contributed by atoms with Crippen LogP contribution in [0.1, 0.15) is 295 Å². The van der Waals surface area contributed by atoms with Crippen molar-refractivity contribution in [1.29, 1.82) is 0 Å². The molecule has 0 saturated heterocycles. The molecular weight excluding hydrogens is 728 g/mol. The quantitative estimate of drug-likeness (QED) is 0.0374. The molecule has 1 aromatic carbocycles. The Balaban J connectivity index is 0.0000314. The molecule has 0 N–H and O–H groups in total. The molecule has 3 nitrogen and oxygen atoms in total. The minimum atomic E-state index is -4.33. The monoisotopic (exact) mass is 825 g/mol. The summed E-state index contributed by atoms with van der Waals surface area (Å²) in [5.74, 6) is 0. The molecule has 0 unspecified atom stereocenters. The first-order chi connectivity index (χ1) is 27.5. The molecule has 0 amide bonds. The van der Waals surface area contributed by atoms with E-state index in [1.54, 1.807) is 12.1 Å². The van der Waals surface area contributed by atoms with E-state index in [1.807, 2.05) is 0 Å². The van der Waals surface area contributed by atoms with Gasteiger partial charge in [0.1, 0.15) is 10.1 Å². The fraction of sp³-hybridized carbons (Fsp3) is 0.885. The van der Waals surface area contributed by atoms with Crippen LogP contribution in [0.4, 0.5) is 0 Å². The van der Waals surface area contributed by atoms with E-state index in [9.17, 15) is 13.0 Å². The van der Waals surface area contributed by atoms with Crippen LogP contribution in [0.15, 0.2) is 29.2 Å². The van der Waals surface area contributed by atoms with E-state index in [-0.39, 0.29) is 34.5 Å². The summed E-state index contributed by atoms with van der Waals surface area (Å²) in [6.07, 6.45) is 64.3. The van der Waals surface area contributed by atoms with Crippen LogP contribution in [0.2, 0.25) is 0 Å². The molecule has 0 aliphatic rings. The van der Waals surface area contributed by atoms with Crippen LogP contribution >= 0.6 is 0 Å². The van der Waals surface area contributed by atoms with Crippen molar-refractivity contribution in [1.82, 2.24) is 0 Å². The van der Waals surface area contributed by atoms with Crippen molar-refractivity contribution >= 4 is 10.1 Å². The van der Waals surface area contributed by atoms with Crippen LogP contribution in [-0.2, 0) is 16.5 Å². The molecule has 0 heterocycles. The molecule has 57 heavy (non-hydrogen) atoms. The Hall–Kier alpha value is 0.130. The fourth-order valence-electron chi connectivity index (χ4n) is 8.65. The number of unbranched alkanes of at least 4 members (excludes halogenated alkanes) is 43. The van der Waals surface area contributed by atoms with Gasteiger partial charge in [0, 0.05) is 0 Å². The molecule has 0 aliphatic carbocycles. The van der Waals surface area contributed by atoms with E-state index < -0.39 is 10.1 Å². The summed E-state index contributed by atoms with van der Waals surface area (Å²) in [7, 11) is -4.33. The third-order valence-electron chi connectivity index (χ3n) is 12.5. The second kappa shape index (κ2) is 45.7. The van der Waals surface area contributed by atoms with Crippen molar-refractivity contribution in [2.24, 2.45) is 0 Å². The summed E-state index contributed by atoms with van der Waals surface area (Å²) in [6.45, 7) is 2.31. The maximum absolute atomic E-state index is 11.0. The number of benzene rings is 1. The zero-order valence-electron chi connectivity index (χ0n) is 38.8. The number of rotatable bonds is 46. The topological polar surface area (TPSA) is 57.2 Å². The second-order valence-electron chi connectivity index (χ2n) is 18.1. The molecule has 1 aromatic rings. The summed E-state index contributed by atoms with van der Waals surface area (Å²) in [6, 6.07) is 6.42. The van der Waals surface area contributed by atoms with E-state index in [4.69, 9.17) is 0 Å². The maximum Gasteiger partial charge on any atom is 1.00 e. The SMILES string of the molecule is CCCCCCCCCCCCCCCCCCCCCCCCCCCCCCCCCCCCCCCCCCCCCCc1ccc(S(=O)(=O)[O-])cc1.[Na+]. The van der Waals surface area contributed by atoms with E-state index >= 15 is 0 Å². The zero-order valence-corrected chi connectivity index (χ0v) is 41.6. The molecule has 0 atom stereocenters. The third-order valence-corrected chi connectivity index (χ3v) is 13.4. The normalized spacial score (nSPS) is 11.7. The van der Waals surface area contributed by atoms with Crippen LogP contribution in [0.3, 0.4) is 0 Å². The van der Waals surface area contributed by atoms with Crippen molar-refractivity contribution in [3.05, 3.63) is 29.8 Å². The van der Waals surface area contributed by atoms with E-state index in [0.717, 1.165) is 18.4 Å². The maximum atomic E-state index is 11.0. The first-order valence-corrected chi connectivity index (χ1v) is 27.0. The number of aryl methyl sites for hydroxylation is 1. The molecule has 0 spiro atoms. The summed E-state index contributed by atoms with van der Waals surface area (Å²) < 4.78 is 33.1. The van der Waals surface area contributed by atoms with Gasteiger partial charge in [0.2, 0.25) is 0 Å². The molecule has 330 valence electrons. The van der Waals surface area contributed by atoms with Crippen LogP contribution in [0.25, 0.3) is 0 Å². The van der Waals surface area contributed by atoms with Gasteiger partial charge in [-0.05, 0) is 30.5 Å². The van der Waals surface area contributed by atoms with Gasteiger partial charge in [0.15, 0.2) is 0 Å². The van der Waals surface area contributed by atoms with Crippen molar-refractivity contribution in [2.75, 3.05) is 0 Å². The summed E-state index contributed by atoms with van der Waals surface area (Å²) in [4.78, 5) is -0.131. The molecule has 0 bridgehead atoms. The predicted octanol–water partition coefficient (Wildman–Crippen LogP) is 15.3. The van der Waals surface area contributed by atoms with E-state index in [1.165, 1.54) is 288 Å². The average Bonchev–Trinajstić information content (AvgIpc) is 3.19. The Morgan fingerprint density at radius 3 is 0.667 bits per heavy atom. The first kappa shape index (κ1) is 57.1. The molecule has 5 heteroatoms. The average molecular weight is 825 g/mol. The van der Waals surface area contributed by atoms with Gasteiger partial charge in [0.05, 0.1) is 4.90 Å². The summed E-state index contributed by atoms with van der Waals surface area (Å²) in [5.41, 5.74) is 1.12. The summed E-state index contributed by atoms with van der Waals surface area (Å²) in [5, 5.41) is 0. The molecular formula is C52H97NaO3S. The number of hydrogen-bond acceptors (Lipinski definition) is 3. The summed E-state index contributed by atoms with van der Waals surface area (Å²) >= 11 is 0. The first-order valence-electron chi connectivity index (χ1n) is 25.6. The Kier molecular flexibility index (Phi) is 45.8. The molecule has 0 aromatic heterocycles. The van der Waals surface area contributed by atoms with Crippen molar-refractivity contribution in [2.45, 2.75) is 301 Å². The molecule has 0 aliphatic heterocycles. The van der Waals surface area contributed by atoms with Crippen LogP contribution in [0, 0.1) is 0 Å². The fourth-order valence-corrected chi connectivity index (χ4v) is 9.12. The molecule has 1 rings (SSSR count). The largest absolute Gasteiger partial charge is 1.00 e. The number of hydrogen-bond donors (Lipinski definition) is 0. The zero-order chi connectivity index (χ0) is 40.3. The van der Waals surface area contributed by atoms with Gasteiger partial charge in [0.25, 0.3) is 0 Å². The minimum absolute atomic E-state index is 0. The smallest absolute Gasteiger partial charge is 0.744 e. The van der Waals surface area contributed by atoms with Gasteiger partial charge < -0.3 is 4.55 Å². The van der Waals surface area contributed by atoms with Crippen LogP contribution in [0.5, 0.6) is 0 Å². The van der Waals surface area contributed by atoms with E-state index in [2.05, 4.69) is 6.92 Å².